The van der Waals surface area contributed by atoms with Crippen LogP contribution in [-0.2, 0) is 4.79 Å². The minimum Gasteiger partial charge on any atom is -0.338 e. The Balaban J connectivity index is 2.02. The number of nitrogens with one attached hydrogen (secondary N) is 1. The van der Waals surface area contributed by atoms with Crippen molar-refractivity contribution in [3.63, 3.8) is 0 Å². The SMILES string of the molecule is CCC1CN(C)CCCN1C(=O)C1CNCC(C)C1. The van der Waals surface area contributed by atoms with Crippen LogP contribution in [0.25, 0.3) is 0 Å². The first kappa shape index (κ1) is 14.8. The summed E-state index contributed by atoms with van der Waals surface area (Å²) in [5.41, 5.74) is 0. The normalized spacial score (nSPS) is 34.1. The highest BCUT2D eigenvalue weighted by Crippen LogP contribution is 2.21. The van der Waals surface area contributed by atoms with Crippen LogP contribution in [0.5, 0.6) is 0 Å². The molecule has 0 aromatic rings. The summed E-state index contributed by atoms with van der Waals surface area (Å²) in [7, 11) is 2.17. The summed E-state index contributed by atoms with van der Waals surface area (Å²) in [4.78, 5) is 17.3. The molecule has 0 spiro atoms. The number of hydrogen-bond acceptors (Lipinski definition) is 3. The maximum atomic E-state index is 12.8. The highest BCUT2D eigenvalue weighted by atomic mass is 16.2. The van der Waals surface area contributed by atoms with Gasteiger partial charge in [-0.3, -0.25) is 4.79 Å². The van der Waals surface area contributed by atoms with Crippen LogP contribution >= 0.6 is 0 Å². The Hall–Kier alpha value is -0.610. The molecule has 3 atom stereocenters. The summed E-state index contributed by atoms with van der Waals surface area (Å²) in [5, 5.41) is 3.40. The van der Waals surface area contributed by atoms with Crippen molar-refractivity contribution in [1.82, 2.24) is 15.1 Å². The van der Waals surface area contributed by atoms with Crippen molar-refractivity contribution in [2.45, 2.75) is 39.2 Å². The molecule has 0 aromatic heterocycles. The van der Waals surface area contributed by atoms with Gasteiger partial charge in [-0.2, -0.15) is 0 Å². The van der Waals surface area contributed by atoms with Crippen LogP contribution in [0.1, 0.15) is 33.1 Å². The Kier molecular flexibility index (Phi) is 5.22. The van der Waals surface area contributed by atoms with Crippen LogP contribution in [0.15, 0.2) is 0 Å². The number of hydrogen-bond donors (Lipinski definition) is 1. The Morgan fingerprint density at radius 3 is 2.79 bits per heavy atom. The molecule has 0 radical (unpaired) electrons. The van der Waals surface area contributed by atoms with E-state index in [2.05, 4.69) is 36.0 Å². The Bertz CT molecular complexity index is 308. The molecule has 3 unspecified atom stereocenters. The van der Waals surface area contributed by atoms with Crippen LogP contribution in [0.2, 0.25) is 0 Å². The van der Waals surface area contributed by atoms with Gasteiger partial charge in [-0.25, -0.2) is 0 Å². The summed E-state index contributed by atoms with van der Waals surface area (Å²) >= 11 is 0. The fourth-order valence-corrected chi connectivity index (χ4v) is 3.46. The van der Waals surface area contributed by atoms with Crippen molar-refractivity contribution in [3.05, 3.63) is 0 Å². The van der Waals surface area contributed by atoms with E-state index in [9.17, 15) is 4.79 Å². The third-order valence-corrected chi connectivity index (χ3v) is 4.58. The van der Waals surface area contributed by atoms with Gasteiger partial charge in [0.2, 0.25) is 5.91 Å². The van der Waals surface area contributed by atoms with Gasteiger partial charge in [0.05, 0.1) is 5.92 Å². The van der Waals surface area contributed by atoms with E-state index in [1.165, 1.54) is 0 Å². The maximum absolute atomic E-state index is 12.8. The lowest BCUT2D eigenvalue weighted by Crippen LogP contribution is -2.50. The summed E-state index contributed by atoms with van der Waals surface area (Å²) in [6.45, 7) is 9.44. The molecular weight excluding hydrogens is 238 g/mol. The predicted octanol–water partition coefficient (Wildman–Crippen LogP) is 1.17. The molecule has 2 aliphatic rings. The van der Waals surface area contributed by atoms with Crippen LogP contribution in [-0.4, -0.2) is 61.5 Å². The quantitative estimate of drug-likeness (QED) is 0.816. The predicted molar refractivity (Wildman–Crippen MR) is 78.0 cm³/mol. The average molecular weight is 267 g/mol. The molecular formula is C15H29N3O. The molecule has 0 aromatic carbocycles. The van der Waals surface area contributed by atoms with Crippen molar-refractivity contribution in [1.29, 1.82) is 0 Å². The highest BCUT2D eigenvalue weighted by Gasteiger charge is 2.32. The summed E-state index contributed by atoms with van der Waals surface area (Å²) in [6.07, 6.45) is 3.22. The van der Waals surface area contributed by atoms with Crippen LogP contribution in [0, 0.1) is 11.8 Å². The molecule has 2 rings (SSSR count). The molecule has 0 saturated carbocycles. The first-order valence-electron chi connectivity index (χ1n) is 7.81. The minimum absolute atomic E-state index is 0.196. The van der Waals surface area contributed by atoms with Gasteiger partial charge in [0, 0.05) is 25.7 Å². The first-order valence-corrected chi connectivity index (χ1v) is 7.81. The molecule has 110 valence electrons. The second-order valence-corrected chi connectivity index (χ2v) is 6.41. The smallest absolute Gasteiger partial charge is 0.227 e. The van der Waals surface area contributed by atoms with Crippen molar-refractivity contribution in [3.8, 4) is 0 Å². The highest BCUT2D eigenvalue weighted by molar-refractivity contribution is 5.79. The zero-order chi connectivity index (χ0) is 13.8. The average Bonchev–Trinajstić information content (AvgIpc) is 2.59. The van der Waals surface area contributed by atoms with E-state index in [0.717, 1.165) is 52.0 Å². The lowest BCUT2D eigenvalue weighted by Gasteiger charge is -2.35. The summed E-state index contributed by atoms with van der Waals surface area (Å²) in [5.74, 6) is 1.21. The third-order valence-electron chi connectivity index (χ3n) is 4.58. The fourth-order valence-electron chi connectivity index (χ4n) is 3.46. The van der Waals surface area contributed by atoms with E-state index in [0.29, 0.717) is 17.9 Å². The lowest BCUT2D eigenvalue weighted by atomic mass is 9.90. The van der Waals surface area contributed by atoms with Crippen LogP contribution in [0.3, 0.4) is 0 Å². The number of carbonyl (C=O) groups is 1. The number of carbonyl (C=O) groups excluding carboxylic acids is 1. The van der Waals surface area contributed by atoms with E-state index in [1.54, 1.807) is 0 Å². The van der Waals surface area contributed by atoms with E-state index < -0.39 is 0 Å². The lowest BCUT2D eigenvalue weighted by molar-refractivity contribution is -0.138. The van der Waals surface area contributed by atoms with Crippen molar-refractivity contribution in [2.24, 2.45) is 11.8 Å². The number of amides is 1. The molecule has 4 nitrogen and oxygen atoms in total. The fraction of sp³-hybridized carbons (Fsp3) is 0.933. The molecule has 0 aliphatic carbocycles. The van der Waals surface area contributed by atoms with Crippen LogP contribution < -0.4 is 5.32 Å². The van der Waals surface area contributed by atoms with E-state index in [1.807, 2.05) is 0 Å². The number of likely N-dealkylation sites (N-methyl/N-ethyl adjacent to an activating group) is 1. The summed E-state index contributed by atoms with van der Waals surface area (Å²) < 4.78 is 0. The van der Waals surface area contributed by atoms with E-state index >= 15 is 0 Å². The zero-order valence-corrected chi connectivity index (χ0v) is 12.7. The first-order chi connectivity index (χ1) is 9.11. The van der Waals surface area contributed by atoms with Gasteiger partial charge < -0.3 is 15.1 Å². The number of nitrogens with zero attached hydrogens (tertiary/aromatic N) is 2. The molecule has 1 amide bonds. The van der Waals surface area contributed by atoms with Gasteiger partial charge in [-0.15, -0.1) is 0 Å². The molecule has 2 heterocycles. The van der Waals surface area contributed by atoms with Crippen molar-refractivity contribution >= 4 is 5.91 Å². The molecule has 2 fully saturated rings. The Labute approximate surface area is 117 Å². The number of piperidine rings is 1. The minimum atomic E-state index is 0.196. The second-order valence-electron chi connectivity index (χ2n) is 6.41. The van der Waals surface area contributed by atoms with Crippen LogP contribution in [0.4, 0.5) is 0 Å². The number of rotatable bonds is 2. The maximum Gasteiger partial charge on any atom is 0.227 e. The second kappa shape index (κ2) is 6.71. The van der Waals surface area contributed by atoms with Gasteiger partial charge in [-0.1, -0.05) is 13.8 Å². The molecule has 0 bridgehead atoms. The van der Waals surface area contributed by atoms with E-state index in [4.69, 9.17) is 0 Å². The topological polar surface area (TPSA) is 35.6 Å². The monoisotopic (exact) mass is 267 g/mol. The molecule has 2 saturated heterocycles. The molecule has 19 heavy (non-hydrogen) atoms. The van der Waals surface area contributed by atoms with Crippen molar-refractivity contribution in [2.75, 3.05) is 39.8 Å². The van der Waals surface area contributed by atoms with Gasteiger partial charge in [0.15, 0.2) is 0 Å². The van der Waals surface area contributed by atoms with E-state index in [-0.39, 0.29) is 5.92 Å². The Morgan fingerprint density at radius 2 is 2.11 bits per heavy atom. The van der Waals surface area contributed by atoms with Gasteiger partial charge >= 0.3 is 0 Å². The van der Waals surface area contributed by atoms with Gasteiger partial charge in [0.25, 0.3) is 0 Å². The Morgan fingerprint density at radius 1 is 1.32 bits per heavy atom. The summed E-state index contributed by atoms with van der Waals surface area (Å²) in [6, 6.07) is 0.400. The third kappa shape index (κ3) is 3.69. The zero-order valence-electron chi connectivity index (χ0n) is 12.7. The standard InChI is InChI=1S/C15H29N3O/c1-4-14-11-17(3)6-5-7-18(14)15(19)13-8-12(2)9-16-10-13/h12-14,16H,4-11H2,1-3H3. The molecule has 1 N–H and O–H groups in total. The van der Waals surface area contributed by atoms with Gasteiger partial charge in [0.1, 0.15) is 0 Å². The van der Waals surface area contributed by atoms with Gasteiger partial charge in [-0.05, 0) is 45.3 Å². The molecule has 4 heteroatoms. The largest absolute Gasteiger partial charge is 0.338 e. The van der Waals surface area contributed by atoms with Crippen molar-refractivity contribution < 1.29 is 4.79 Å². The molecule has 2 aliphatic heterocycles.